The summed E-state index contributed by atoms with van der Waals surface area (Å²) in [7, 11) is 2.53. The lowest BCUT2D eigenvalue weighted by Gasteiger charge is -2.30. The van der Waals surface area contributed by atoms with Crippen LogP contribution in [-0.2, 0) is 42.9 Å². The van der Waals surface area contributed by atoms with Gasteiger partial charge in [0, 0.05) is 35.2 Å². The van der Waals surface area contributed by atoms with Crippen LogP contribution in [0.1, 0.15) is 126 Å². The van der Waals surface area contributed by atoms with Crippen LogP contribution in [0.2, 0.25) is 0 Å². The highest BCUT2D eigenvalue weighted by Gasteiger charge is 2.33. The number of nitrogens with one attached hydrogen (secondary N) is 2. The van der Waals surface area contributed by atoms with Crippen molar-refractivity contribution in [3.8, 4) is 0 Å². The third-order valence-corrected chi connectivity index (χ3v) is 13.4. The first-order chi connectivity index (χ1) is 35.3. The zero-order chi connectivity index (χ0) is 56.7. The number of rotatable bonds is 13. The normalized spacial score (nSPS) is 20.0. The molecule has 75 heavy (non-hydrogen) atoms. The molecule has 0 heterocycles. The van der Waals surface area contributed by atoms with Crippen molar-refractivity contribution >= 4 is 78.0 Å². The van der Waals surface area contributed by atoms with Gasteiger partial charge < -0.3 is 34.5 Å². The summed E-state index contributed by atoms with van der Waals surface area (Å²) < 4.78 is 19.5. The molecule has 2 aromatic carbocycles. The quantitative estimate of drug-likeness (QED) is 0.0746. The van der Waals surface area contributed by atoms with Crippen molar-refractivity contribution in [1.29, 1.82) is 0 Å². The Morgan fingerprint density at radius 2 is 1.15 bits per heavy atom. The molecule has 4 unspecified atom stereocenters. The van der Waals surface area contributed by atoms with Crippen molar-refractivity contribution in [3.05, 3.63) is 107 Å². The first-order valence-corrected chi connectivity index (χ1v) is 27.5. The number of thioether (sulfide) groups is 1. The third kappa shape index (κ3) is 30.0. The Bertz CT molecular complexity index is 2210. The number of ether oxygens (including phenoxy) is 4. The third-order valence-electron chi connectivity index (χ3n) is 11.4. The van der Waals surface area contributed by atoms with Gasteiger partial charge in [-0.1, -0.05) is 114 Å². The van der Waals surface area contributed by atoms with Crippen molar-refractivity contribution in [3.63, 3.8) is 0 Å². The first kappa shape index (κ1) is 67.6. The second-order valence-electron chi connectivity index (χ2n) is 20.3. The van der Waals surface area contributed by atoms with Crippen LogP contribution in [0.3, 0.4) is 0 Å². The number of methoxy groups -OCH3 is 2. The van der Waals surface area contributed by atoms with Crippen LogP contribution >= 0.6 is 24.4 Å². The molecule has 0 spiro atoms. The molecule has 416 valence electrons. The monoisotopic (exact) mass is 1080 g/mol. The summed E-state index contributed by atoms with van der Waals surface area (Å²) in [6.07, 6.45) is 13.7. The number of hydrogen-bond acceptors (Lipinski definition) is 14. The van der Waals surface area contributed by atoms with Gasteiger partial charge in [-0.25, -0.2) is 19.2 Å². The van der Waals surface area contributed by atoms with Crippen LogP contribution in [0.15, 0.2) is 96.1 Å². The summed E-state index contributed by atoms with van der Waals surface area (Å²) in [5.41, 5.74) is 2.61. The smallest absolute Gasteiger partial charge is 0.408 e. The number of thiol groups is 1. The van der Waals surface area contributed by atoms with Gasteiger partial charge in [-0.3, -0.25) is 14.4 Å². The Balaban J connectivity index is 0.000000524. The maximum absolute atomic E-state index is 12.7. The summed E-state index contributed by atoms with van der Waals surface area (Å²) in [4.78, 5) is 83.7. The van der Waals surface area contributed by atoms with Crippen LogP contribution in [0, 0.1) is 17.8 Å². The van der Waals surface area contributed by atoms with E-state index in [1.54, 1.807) is 53.7 Å². The fraction of sp³-hybridized carbons (Fsp3) is 0.542. The molecule has 16 heteroatoms. The molecule has 2 N–H and O–H groups in total. The Hall–Kier alpha value is -5.45. The molecule has 0 radical (unpaired) electrons. The topological polar surface area (TPSA) is 184 Å². The molecule has 1 saturated carbocycles. The van der Waals surface area contributed by atoms with Gasteiger partial charge in [-0.05, 0) is 139 Å². The highest BCUT2D eigenvalue weighted by Crippen LogP contribution is 2.35. The average Bonchev–Trinajstić information content (AvgIpc) is 3.35. The van der Waals surface area contributed by atoms with Gasteiger partial charge >= 0.3 is 24.1 Å². The van der Waals surface area contributed by atoms with Crippen LogP contribution in [0.25, 0.3) is 12.2 Å². The van der Waals surface area contributed by atoms with E-state index in [1.807, 2.05) is 85.0 Å². The maximum Gasteiger partial charge on any atom is 0.408 e. The lowest BCUT2D eigenvalue weighted by molar-refractivity contribution is -0.143. The highest BCUT2D eigenvalue weighted by molar-refractivity contribution is 8.00. The number of carbonyl (C=O) groups excluding carboxylic acids is 7. The van der Waals surface area contributed by atoms with E-state index < -0.39 is 47.4 Å². The number of alkyl carbamates (subject to hydrolysis) is 2. The van der Waals surface area contributed by atoms with E-state index in [1.165, 1.54) is 45.6 Å². The van der Waals surface area contributed by atoms with Gasteiger partial charge in [0.15, 0.2) is 17.3 Å². The summed E-state index contributed by atoms with van der Waals surface area (Å²) >= 11 is 5.43. The number of Topliss-reactive ketones (excluding diaryl/α,β-unsaturated/α-hetero) is 1. The van der Waals surface area contributed by atoms with Crippen LogP contribution in [0.4, 0.5) is 9.59 Å². The second kappa shape index (κ2) is 35.7. The fourth-order valence-corrected chi connectivity index (χ4v) is 8.81. The zero-order valence-corrected chi connectivity index (χ0v) is 48.8. The van der Waals surface area contributed by atoms with Gasteiger partial charge in [-0.15, -0.1) is 0 Å². The van der Waals surface area contributed by atoms with E-state index in [2.05, 4.69) is 74.4 Å². The van der Waals surface area contributed by atoms with Crippen molar-refractivity contribution in [2.75, 3.05) is 45.4 Å². The number of allylic oxidation sites excluding steroid dienone is 6. The highest BCUT2D eigenvalue weighted by atomic mass is 32.2. The zero-order valence-electron chi connectivity index (χ0n) is 47.1. The molecular weight excluding hydrogens is 991 g/mol. The minimum absolute atomic E-state index is 0.0676. The van der Waals surface area contributed by atoms with Gasteiger partial charge in [-0.2, -0.15) is 24.4 Å². The predicted molar refractivity (Wildman–Crippen MR) is 307 cm³/mol. The van der Waals surface area contributed by atoms with Gasteiger partial charge in [0.25, 0.3) is 0 Å². The molecule has 6 atom stereocenters. The standard InChI is InChI=1S/C23H31NO5S.C14H14O.C9H17NO4S.C7H10O.C6H15N/c1-15-11-17(12-16-9-7-6-8-10-16)19(25)13-20(15)30-14-18(21(26)28-5)24-22(27)29-23(2,3)4;1-11-7-8-14(15)13(9-11)10-12-5-3-2-4-6-12;1-9(2,3)14-8(12)10-6(5-15)7(11)13-4;1-6-2-4-7(8)5-3-6;1-4-7(5-2)6-3/h6-10,12,15,18,20H,11,13-14H2,1-5H3,(H,24,27);2-8,10-11H,9H2,1H3;6,15H,5H2,1-4H3,(H,10,12);2,4,6H,3,5H2,1H3;4-6H2,1-3H3/b17-12+;13-10+;;;/t15?,18-,20?;;6-;;/m0.0../s1. The molecule has 3 aliphatic rings. The van der Waals surface area contributed by atoms with Crippen LogP contribution in [0.5, 0.6) is 0 Å². The van der Waals surface area contributed by atoms with Crippen molar-refractivity contribution in [1.82, 2.24) is 15.5 Å². The van der Waals surface area contributed by atoms with Gasteiger partial charge in [0.1, 0.15) is 23.3 Å². The molecule has 1 fully saturated rings. The molecular formula is C59H87N3O11S2. The van der Waals surface area contributed by atoms with E-state index in [9.17, 15) is 33.6 Å². The minimum Gasteiger partial charge on any atom is -0.467 e. The number of benzene rings is 2. The van der Waals surface area contributed by atoms with Gasteiger partial charge in [0.2, 0.25) is 0 Å². The Labute approximate surface area is 458 Å². The van der Waals surface area contributed by atoms with Crippen molar-refractivity contribution in [2.24, 2.45) is 17.8 Å². The number of hydrogen-bond donors (Lipinski definition) is 3. The summed E-state index contributed by atoms with van der Waals surface area (Å²) in [5, 5.41) is 5.01. The molecule has 0 aromatic heterocycles. The van der Waals surface area contributed by atoms with Crippen molar-refractivity contribution < 1.29 is 52.5 Å². The molecule has 2 aromatic rings. The largest absolute Gasteiger partial charge is 0.467 e. The predicted octanol–water partition coefficient (Wildman–Crippen LogP) is 11.3. The summed E-state index contributed by atoms with van der Waals surface area (Å²) in [5.74, 6) is 1.30. The summed E-state index contributed by atoms with van der Waals surface area (Å²) in [6, 6.07) is 18.2. The Morgan fingerprint density at radius 3 is 1.56 bits per heavy atom. The van der Waals surface area contributed by atoms with Gasteiger partial charge in [0.05, 0.1) is 14.2 Å². The van der Waals surface area contributed by atoms with Crippen LogP contribution < -0.4 is 10.6 Å². The SMILES string of the molecule is CC1C=CC(=O)/C(=C/c2ccccc2)C1.CC1C=CC(=O)CC1.CCN(CC)CC.COC(=O)[C@H](CS)NC(=O)OC(C)(C)C.COC(=O)[C@H](CSC1CC(=O)/C(=C/c2ccccc2)CC1C)NC(=O)OC(C)(C)C. The first-order valence-electron chi connectivity index (χ1n) is 25.9. The van der Waals surface area contributed by atoms with Crippen LogP contribution in [-0.4, -0.2) is 120 Å². The van der Waals surface area contributed by atoms with E-state index in [0.29, 0.717) is 30.4 Å². The number of carbonyl (C=O) groups is 7. The Morgan fingerprint density at radius 1 is 0.680 bits per heavy atom. The molecule has 3 aliphatic carbocycles. The fourth-order valence-electron chi connectivity index (χ4n) is 7.22. The molecule has 5 rings (SSSR count). The molecule has 0 bridgehead atoms. The Kier molecular flexibility index (Phi) is 32.2. The number of ketones is 3. The number of esters is 2. The second-order valence-corrected chi connectivity index (χ2v) is 22.0. The number of amides is 2. The molecule has 0 aliphatic heterocycles. The maximum atomic E-state index is 12.7. The molecule has 0 saturated heterocycles. The summed E-state index contributed by atoms with van der Waals surface area (Å²) in [6.45, 7) is 27.0. The van der Waals surface area contributed by atoms with E-state index >= 15 is 0 Å². The van der Waals surface area contributed by atoms with E-state index in [0.717, 1.165) is 41.5 Å². The van der Waals surface area contributed by atoms with Crippen molar-refractivity contribution in [2.45, 2.75) is 144 Å². The minimum atomic E-state index is -0.835. The van der Waals surface area contributed by atoms with E-state index in [-0.39, 0.29) is 34.3 Å². The molecule has 14 nitrogen and oxygen atoms in total. The molecule has 2 amide bonds. The average molecular weight is 1080 g/mol. The lowest BCUT2D eigenvalue weighted by Crippen LogP contribution is -2.46. The van der Waals surface area contributed by atoms with E-state index in [4.69, 9.17) is 14.2 Å². The lowest BCUT2D eigenvalue weighted by atomic mass is 9.84. The number of nitrogens with zero attached hydrogens (tertiary/aromatic N) is 1.